The van der Waals surface area contributed by atoms with Crippen molar-refractivity contribution in [3.8, 4) is 0 Å². The summed E-state index contributed by atoms with van der Waals surface area (Å²) in [5.41, 5.74) is 0. The van der Waals surface area contributed by atoms with Crippen LogP contribution in [-0.4, -0.2) is 11.1 Å². The molecule has 0 aromatic carbocycles. The Morgan fingerprint density at radius 1 is 0.613 bits per heavy atom. The standard InChI is InChI=1S/C29H54O2/c1-3-28(2)26-24-22-20-18-16-14-12-10-8-6-4-5-7-9-11-13-15-17-19-21-23-25-27-29(30)31/h11,13,19,21,28H,3-10,12,14-18,20,22-27H2,1-2H3,(H,30,31)/b13-11+,21-19+. The van der Waals surface area contributed by atoms with Crippen molar-refractivity contribution in [2.45, 2.75) is 149 Å². The van der Waals surface area contributed by atoms with Crippen molar-refractivity contribution in [2.75, 3.05) is 0 Å². The average Bonchev–Trinajstić information content (AvgIpc) is 2.76. The zero-order chi connectivity index (χ0) is 22.8. The summed E-state index contributed by atoms with van der Waals surface area (Å²) in [6, 6.07) is 0. The molecule has 0 spiro atoms. The Hall–Kier alpha value is -1.05. The molecule has 0 saturated carbocycles. The first kappa shape index (κ1) is 29.9. The van der Waals surface area contributed by atoms with Gasteiger partial charge < -0.3 is 5.11 Å². The molecule has 0 radical (unpaired) electrons. The lowest BCUT2D eigenvalue weighted by molar-refractivity contribution is -0.137. The van der Waals surface area contributed by atoms with Gasteiger partial charge in [-0.15, -0.1) is 0 Å². The van der Waals surface area contributed by atoms with Gasteiger partial charge >= 0.3 is 5.97 Å². The van der Waals surface area contributed by atoms with Crippen LogP contribution in [0.1, 0.15) is 149 Å². The highest BCUT2D eigenvalue weighted by Gasteiger charge is 1.98. The molecule has 0 saturated heterocycles. The predicted molar refractivity (Wildman–Crippen MR) is 138 cm³/mol. The number of hydrogen-bond acceptors (Lipinski definition) is 1. The summed E-state index contributed by atoms with van der Waals surface area (Å²) < 4.78 is 0. The number of aliphatic carboxylic acids is 1. The minimum Gasteiger partial charge on any atom is -0.481 e. The van der Waals surface area contributed by atoms with E-state index < -0.39 is 5.97 Å². The summed E-state index contributed by atoms with van der Waals surface area (Å²) >= 11 is 0. The summed E-state index contributed by atoms with van der Waals surface area (Å²) in [6.45, 7) is 4.69. The van der Waals surface area contributed by atoms with E-state index in [1.165, 1.54) is 103 Å². The molecule has 1 N–H and O–H groups in total. The summed E-state index contributed by atoms with van der Waals surface area (Å²) in [5.74, 6) is 0.236. The largest absolute Gasteiger partial charge is 0.481 e. The fourth-order valence-electron chi connectivity index (χ4n) is 3.94. The third kappa shape index (κ3) is 26.9. The van der Waals surface area contributed by atoms with Gasteiger partial charge in [0, 0.05) is 6.42 Å². The molecule has 2 nitrogen and oxygen atoms in total. The van der Waals surface area contributed by atoms with Crippen molar-refractivity contribution in [1.29, 1.82) is 0 Å². The lowest BCUT2D eigenvalue weighted by Crippen LogP contribution is -1.92. The first-order valence-electron chi connectivity index (χ1n) is 13.7. The van der Waals surface area contributed by atoms with Crippen molar-refractivity contribution in [3.05, 3.63) is 24.3 Å². The summed E-state index contributed by atoms with van der Waals surface area (Å²) in [5, 5.41) is 8.57. The molecule has 31 heavy (non-hydrogen) atoms. The molecule has 0 aromatic heterocycles. The Morgan fingerprint density at radius 3 is 1.45 bits per heavy atom. The van der Waals surface area contributed by atoms with E-state index in [2.05, 4.69) is 38.2 Å². The molecule has 0 aromatic rings. The van der Waals surface area contributed by atoms with Crippen molar-refractivity contribution < 1.29 is 9.90 Å². The molecule has 1 atom stereocenters. The van der Waals surface area contributed by atoms with Crippen LogP contribution >= 0.6 is 0 Å². The summed E-state index contributed by atoms with van der Waals surface area (Å²) in [7, 11) is 0. The number of carbonyl (C=O) groups is 1. The maximum atomic E-state index is 10.4. The zero-order valence-corrected chi connectivity index (χ0v) is 21.1. The van der Waals surface area contributed by atoms with E-state index in [4.69, 9.17) is 5.11 Å². The molecule has 0 heterocycles. The van der Waals surface area contributed by atoms with Crippen LogP contribution < -0.4 is 0 Å². The van der Waals surface area contributed by atoms with E-state index in [0.29, 0.717) is 0 Å². The fourth-order valence-corrected chi connectivity index (χ4v) is 3.94. The third-order valence-corrected chi connectivity index (χ3v) is 6.36. The van der Waals surface area contributed by atoms with Crippen LogP contribution in [0.15, 0.2) is 24.3 Å². The van der Waals surface area contributed by atoms with Crippen LogP contribution in [-0.2, 0) is 4.79 Å². The summed E-state index contributed by atoms with van der Waals surface area (Å²) in [4.78, 5) is 10.4. The molecule has 0 amide bonds. The van der Waals surface area contributed by atoms with Gasteiger partial charge in [0.25, 0.3) is 0 Å². The van der Waals surface area contributed by atoms with Gasteiger partial charge in [-0.1, -0.05) is 128 Å². The van der Waals surface area contributed by atoms with Crippen LogP contribution in [0.3, 0.4) is 0 Å². The van der Waals surface area contributed by atoms with E-state index in [1.54, 1.807) is 0 Å². The highest BCUT2D eigenvalue weighted by atomic mass is 16.4. The molecule has 0 aliphatic heterocycles. The van der Waals surface area contributed by atoms with Gasteiger partial charge in [-0.05, 0) is 44.4 Å². The lowest BCUT2D eigenvalue weighted by Gasteiger charge is -2.07. The van der Waals surface area contributed by atoms with E-state index in [9.17, 15) is 4.79 Å². The van der Waals surface area contributed by atoms with Crippen molar-refractivity contribution in [1.82, 2.24) is 0 Å². The Labute approximate surface area is 195 Å². The highest BCUT2D eigenvalue weighted by molar-refractivity contribution is 5.66. The highest BCUT2D eigenvalue weighted by Crippen LogP contribution is 2.16. The minimum absolute atomic E-state index is 0.281. The van der Waals surface area contributed by atoms with E-state index >= 15 is 0 Å². The van der Waals surface area contributed by atoms with Gasteiger partial charge in [0.2, 0.25) is 0 Å². The second-order valence-corrected chi connectivity index (χ2v) is 9.49. The molecule has 0 bridgehead atoms. The average molecular weight is 435 g/mol. The number of hydrogen-bond donors (Lipinski definition) is 1. The topological polar surface area (TPSA) is 37.3 Å². The van der Waals surface area contributed by atoms with Crippen molar-refractivity contribution >= 4 is 5.97 Å². The number of unbranched alkanes of at least 4 members (excludes halogenated alkanes) is 15. The van der Waals surface area contributed by atoms with Gasteiger partial charge in [0.1, 0.15) is 0 Å². The molecular weight excluding hydrogens is 380 g/mol. The van der Waals surface area contributed by atoms with Crippen LogP contribution in [0.5, 0.6) is 0 Å². The lowest BCUT2D eigenvalue weighted by atomic mass is 9.99. The summed E-state index contributed by atoms with van der Waals surface area (Å²) in [6.07, 6.45) is 35.6. The fraction of sp³-hybridized carbons (Fsp3) is 0.828. The first-order valence-corrected chi connectivity index (χ1v) is 13.7. The van der Waals surface area contributed by atoms with Crippen molar-refractivity contribution in [2.24, 2.45) is 5.92 Å². The van der Waals surface area contributed by atoms with Gasteiger partial charge in [-0.2, -0.15) is 0 Å². The molecule has 2 heteroatoms. The second-order valence-electron chi connectivity index (χ2n) is 9.49. The SMILES string of the molecule is CCC(C)CCCCCCCCCCCCCCC/C=C/CC/C=C/CCCC(=O)O. The molecule has 0 aliphatic carbocycles. The van der Waals surface area contributed by atoms with Crippen LogP contribution in [0.4, 0.5) is 0 Å². The molecular formula is C29H54O2. The quantitative estimate of drug-likeness (QED) is 0.121. The van der Waals surface area contributed by atoms with E-state index in [0.717, 1.165) is 31.6 Å². The molecule has 0 aliphatic rings. The predicted octanol–water partition coefficient (Wildman–Crippen LogP) is 10.0. The van der Waals surface area contributed by atoms with Gasteiger partial charge in [0.15, 0.2) is 0 Å². The molecule has 182 valence electrons. The monoisotopic (exact) mass is 434 g/mol. The minimum atomic E-state index is -0.694. The number of carboxylic acid groups (broad SMARTS) is 1. The Balaban J connectivity index is 3.15. The maximum absolute atomic E-state index is 10.4. The molecule has 0 fully saturated rings. The number of allylic oxidation sites excluding steroid dienone is 4. The molecule has 1 unspecified atom stereocenters. The Bertz CT molecular complexity index is 424. The van der Waals surface area contributed by atoms with Crippen LogP contribution in [0, 0.1) is 5.92 Å². The van der Waals surface area contributed by atoms with E-state index in [1.807, 2.05) is 0 Å². The van der Waals surface area contributed by atoms with Gasteiger partial charge in [-0.3, -0.25) is 4.79 Å². The second kappa shape index (κ2) is 25.2. The van der Waals surface area contributed by atoms with Gasteiger partial charge in [0.05, 0.1) is 0 Å². The Morgan fingerprint density at radius 2 is 1.00 bits per heavy atom. The first-order chi connectivity index (χ1) is 15.2. The van der Waals surface area contributed by atoms with Crippen LogP contribution in [0.2, 0.25) is 0 Å². The number of rotatable bonds is 24. The van der Waals surface area contributed by atoms with Crippen molar-refractivity contribution in [3.63, 3.8) is 0 Å². The normalized spacial score (nSPS) is 12.8. The maximum Gasteiger partial charge on any atom is 0.303 e. The smallest absolute Gasteiger partial charge is 0.303 e. The Kier molecular flexibility index (Phi) is 24.4. The van der Waals surface area contributed by atoms with E-state index in [-0.39, 0.29) is 6.42 Å². The zero-order valence-electron chi connectivity index (χ0n) is 21.1. The van der Waals surface area contributed by atoms with Crippen LogP contribution in [0.25, 0.3) is 0 Å². The third-order valence-electron chi connectivity index (χ3n) is 6.36. The molecule has 0 rings (SSSR count). The number of carboxylic acids is 1. The van der Waals surface area contributed by atoms with Gasteiger partial charge in [-0.25, -0.2) is 0 Å².